The predicted molar refractivity (Wildman–Crippen MR) is 131 cm³/mol. The summed E-state index contributed by atoms with van der Waals surface area (Å²) in [7, 11) is 0. The number of hydrogen-bond donors (Lipinski definition) is 0. The molecular formula is C27H17BrClNO5. The molecule has 0 saturated carbocycles. The molecule has 2 amide bonds. The van der Waals surface area contributed by atoms with Crippen LogP contribution in [0, 0.1) is 18.8 Å². The number of rotatable bonds is 2. The van der Waals surface area contributed by atoms with Crippen LogP contribution in [0.1, 0.15) is 37.9 Å². The highest BCUT2D eigenvalue weighted by atomic mass is 79.9. The molecule has 0 radical (unpaired) electrons. The van der Waals surface area contributed by atoms with Crippen molar-refractivity contribution in [3.63, 3.8) is 0 Å². The van der Waals surface area contributed by atoms with Gasteiger partial charge in [-0.25, -0.2) is 4.90 Å². The van der Waals surface area contributed by atoms with Crippen LogP contribution >= 0.6 is 27.5 Å². The summed E-state index contributed by atoms with van der Waals surface area (Å²) in [5.41, 5.74) is 0.00390. The molecular weight excluding hydrogens is 534 g/mol. The van der Waals surface area contributed by atoms with Crippen LogP contribution in [-0.4, -0.2) is 29.0 Å². The summed E-state index contributed by atoms with van der Waals surface area (Å²) in [6.45, 7) is 1.81. The van der Waals surface area contributed by atoms with Crippen LogP contribution in [0.15, 0.2) is 71.2 Å². The molecule has 2 heterocycles. The number of carbonyl (C=O) groups excluding carboxylic acids is 4. The summed E-state index contributed by atoms with van der Waals surface area (Å²) in [5.74, 6) is -4.63. The van der Waals surface area contributed by atoms with Crippen molar-refractivity contribution >= 4 is 56.6 Å². The Hall–Kier alpha value is -3.13. The van der Waals surface area contributed by atoms with Crippen molar-refractivity contribution in [1.29, 1.82) is 0 Å². The van der Waals surface area contributed by atoms with E-state index in [2.05, 4.69) is 15.9 Å². The van der Waals surface area contributed by atoms with E-state index in [1.165, 1.54) is 0 Å². The minimum absolute atomic E-state index is 0.200. The Kier molecular flexibility index (Phi) is 4.90. The van der Waals surface area contributed by atoms with E-state index in [1.54, 1.807) is 66.7 Å². The van der Waals surface area contributed by atoms with Crippen LogP contribution in [-0.2, 0) is 14.3 Å². The van der Waals surface area contributed by atoms with Crippen molar-refractivity contribution in [2.24, 2.45) is 11.8 Å². The highest BCUT2D eigenvalue weighted by Crippen LogP contribution is 2.57. The van der Waals surface area contributed by atoms with Gasteiger partial charge < -0.3 is 4.74 Å². The van der Waals surface area contributed by atoms with Crippen molar-refractivity contribution in [3.05, 3.63) is 98.5 Å². The summed E-state index contributed by atoms with van der Waals surface area (Å²) in [6.07, 6.45) is -0.977. The van der Waals surface area contributed by atoms with Gasteiger partial charge in [0.05, 0.1) is 23.6 Å². The van der Waals surface area contributed by atoms with Crippen molar-refractivity contribution in [2.75, 3.05) is 4.90 Å². The van der Waals surface area contributed by atoms with Gasteiger partial charge in [0.1, 0.15) is 0 Å². The first kappa shape index (κ1) is 22.3. The molecule has 2 fully saturated rings. The molecule has 6 nitrogen and oxygen atoms in total. The van der Waals surface area contributed by atoms with Gasteiger partial charge in [-0.15, -0.1) is 0 Å². The molecule has 0 N–H and O–H groups in total. The van der Waals surface area contributed by atoms with Crippen molar-refractivity contribution in [3.8, 4) is 0 Å². The lowest BCUT2D eigenvalue weighted by atomic mass is 9.77. The van der Waals surface area contributed by atoms with Gasteiger partial charge in [0, 0.05) is 20.6 Å². The third kappa shape index (κ3) is 2.92. The first-order chi connectivity index (χ1) is 16.8. The highest BCUT2D eigenvalue weighted by Gasteiger charge is 2.74. The topological polar surface area (TPSA) is 80.8 Å². The molecule has 3 aliphatic rings. The molecule has 3 atom stereocenters. The second-order valence-electron chi connectivity index (χ2n) is 8.98. The number of hydrogen-bond acceptors (Lipinski definition) is 5. The Morgan fingerprint density at radius 2 is 1.51 bits per heavy atom. The average molecular weight is 551 g/mol. The van der Waals surface area contributed by atoms with Crippen LogP contribution in [0.5, 0.6) is 0 Å². The number of aryl methyl sites for hydroxylation is 1. The zero-order chi connectivity index (χ0) is 24.6. The Bertz CT molecular complexity index is 1430. The molecule has 0 bridgehead atoms. The Labute approximate surface area is 214 Å². The van der Waals surface area contributed by atoms with Crippen molar-refractivity contribution in [1.82, 2.24) is 0 Å². The van der Waals surface area contributed by atoms with Gasteiger partial charge in [-0.2, -0.15) is 0 Å². The summed E-state index contributed by atoms with van der Waals surface area (Å²) in [5, 5.41) is 0.531. The minimum Gasteiger partial charge on any atom is -0.349 e. The van der Waals surface area contributed by atoms with Gasteiger partial charge in [-0.05, 0) is 48.4 Å². The first-order valence-corrected chi connectivity index (χ1v) is 12.2. The molecule has 1 spiro atoms. The lowest BCUT2D eigenvalue weighted by Crippen LogP contribution is -2.51. The van der Waals surface area contributed by atoms with Crippen LogP contribution in [0.25, 0.3) is 0 Å². The smallest absolute Gasteiger partial charge is 0.241 e. The summed E-state index contributed by atoms with van der Waals surface area (Å²) < 4.78 is 7.07. The lowest BCUT2D eigenvalue weighted by Gasteiger charge is -2.27. The van der Waals surface area contributed by atoms with Crippen molar-refractivity contribution < 1.29 is 23.9 Å². The molecule has 0 unspecified atom stereocenters. The van der Waals surface area contributed by atoms with Gasteiger partial charge in [0.2, 0.25) is 29.0 Å². The van der Waals surface area contributed by atoms with Crippen molar-refractivity contribution in [2.45, 2.75) is 18.6 Å². The average Bonchev–Trinajstić information content (AvgIpc) is 3.42. The minimum atomic E-state index is -2.09. The molecule has 2 saturated heterocycles. The molecule has 2 aliphatic heterocycles. The van der Waals surface area contributed by atoms with Crippen LogP contribution < -0.4 is 4.90 Å². The van der Waals surface area contributed by atoms with Gasteiger partial charge in [-0.3, -0.25) is 19.2 Å². The van der Waals surface area contributed by atoms with E-state index in [-0.39, 0.29) is 11.1 Å². The summed E-state index contributed by atoms with van der Waals surface area (Å²) in [6, 6.07) is 18.3. The van der Waals surface area contributed by atoms with E-state index in [0.717, 1.165) is 14.9 Å². The van der Waals surface area contributed by atoms with E-state index in [4.69, 9.17) is 16.3 Å². The SMILES string of the molecule is Cc1cc([C@H]2OC3(C(=O)c4ccccc4C3=O)[C@H]3C(=O)N(c4ccc(Br)cc4)C(=O)[C@@H]23)ccc1Cl. The number of nitrogens with zero attached hydrogens (tertiary/aromatic N) is 1. The number of ether oxygens (including phenoxy) is 1. The second kappa shape index (κ2) is 7.68. The maximum absolute atomic E-state index is 13.9. The van der Waals surface area contributed by atoms with Gasteiger partial charge in [0.25, 0.3) is 0 Å². The number of amides is 2. The zero-order valence-electron chi connectivity index (χ0n) is 18.3. The Morgan fingerprint density at radius 1 is 0.886 bits per heavy atom. The summed E-state index contributed by atoms with van der Waals surface area (Å²) >= 11 is 9.57. The fourth-order valence-corrected chi connectivity index (χ4v) is 5.89. The van der Waals surface area contributed by atoms with Gasteiger partial charge >= 0.3 is 0 Å². The van der Waals surface area contributed by atoms with Crippen LogP contribution in [0.4, 0.5) is 5.69 Å². The number of benzene rings is 3. The standard InChI is InChI=1S/C27H17BrClNO5/c1-13-12-14(6-11-19(13)29)22-20-21(26(34)30(25(20)33)16-9-7-15(28)8-10-16)27(35-22)23(31)17-4-2-3-5-18(17)24(27)32/h2-12,20-22H,1H3/t20-,21-,22-/m1/s1. The fraction of sp³-hybridized carbons (Fsp3) is 0.185. The zero-order valence-corrected chi connectivity index (χ0v) is 20.7. The molecule has 3 aromatic rings. The quantitative estimate of drug-likeness (QED) is 0.327. The number of carbonyl (C=O) groups is 4. The third-order valence-electron chi connectivity index (χ3n) is 7.11. The maximum Gasteiger partial charge on any atom is 0.241 e. The van der Waals surface area contributed by atoms with Crippen LogP contribution in [0.3, 0.4) is 0 Å². The lowest BCUT2D eigenvalue weighted by molar-refractivity contribution is -0.127. The van der Waals surface area contributed by atoms with Gasteiger partial charge in [0.15, 0.2) is 0 Å². The van der Waals surface area contributed by atoms with E-state index < -0.39 is 46.9 Å². The van der Waals surface area contributed by atoms with E-state index in [0.29, 0.717) is 16.3 Å². The summed E-state index contributed by atoms with van der Waals surface area (Å²) in [4.78, 5) is 56.3. The van der Waals surface area contributed by atoms with E-state index in [1.807, 2.05) is 6.92 Å². The Balaban J connectivity index is 1.55. The number of fused-ring (bicyclic) bond motifs is 3. The largest absolute Gasteiger partial charge is 0.349 e. The second-order valence-corrected chi connectivity index (χ2v) is 10.3. The molecule has 174 valence electrons. The molecule has 0 aromatic heterocycles. The van der Waals surface area contributed by atoms with E-state index in [9.17, 15) is 19.2 Å². The maximum atomic E-state index is 13.9. The molecule has 35 heavy (non-hydrogen) atoms. The van der Waals surface area contributed by atoms with Crippen LogP contribution in [0.2, 0.25) is 5.02 Å². The third-order valence-corrected chi connectivity index (χ3v) is 8.07. The normalized spacial score (nSPS) is 24.4. The van der Waals surface area contributed by atoms with E-state index >= 15 is 0 Å². The monoisotopic (exact) mass is 549 g/mol. The molecule has 3 aromatic carbocycles. The molecule has 6 rings (SSSR count). The molecule has 8 heteroatoms. The Morgan fingerprint density at radius 3 is 2.11 bits per heavy atom. The number of Topliss-reactive ketones (excluding diaryl/α,β-unsaturated/α-hetero) is 2. The highest BCUT2D eigenvalue weighted by molar-refractivity contribution is 9.10. The number of imide groups is 1. The first-order valence-electron chi connectivity index (χ1n) is 11.0. The number of anilines is 1. The number of ketones is 2. The predicted octanol–water partition coefficient (Wildman–Crippen LogP) is 5.11. The van der Waals surface area contributed by atoms with Gasteiger partial charge in [-0.1, -0.05) is 63.9 Å². The number of halogens is 2. The fourth-order valence-electron chi connectivity index (χ4n) is 5.51. The molecule has 1 aliphatic carbocycles.